The highest BCUT2D eigenvalue weighted by molar-refractivity contribution is 6.22. The van der Waals surface area contributed by atoms with Gasteiger partial charge in [0.1, 0.15) is 11.7 Å². The smallest absolute Gasteiger partial charge is 0.303 e. The number of ether oxygens (including phenoxy) is 3. The zero-order valence-electron chi connectivity index (χ0n) is 24.1. The van der Waals surface area contributed by atoms with Gasteiger partial charge < -0.3 is 29.5 Å². The fraction of sp³-hybridized carbons (Fsp3) is 0.700. The molecule has 2 aliphatic carbocycles. The lowest BCUT2D eigenvalue weighted by molar-refractivity contribution is -0.291. The van der Waals surface area contributed by atoms with Gasteiger partial charge >= 0.3 is 5.97 Å². The van der Waals surface area contributed by atoms with E-state index in [1.807, 2.05) is 6.92 Å². The highest BCUT2D eigenvalue weighted by Gasteiger charge is 2.67. The summed E-state index contributed by atoms with van der Waals surface area (Å²) in [6, 6.07) is 0. The van der Waals surface area contributed by atoms with Crippen molar-refractivity contribution < 1.29 is 43.9 Å². The van der Waals surface area contributed by atoms with Gasteiger partial charge in [-0.05, 0) is 59.1 Å². The minimum absolute atomic E-state index is 0.121. The second-order valence-electron chi connectivity index (χ2n) is 12.6. The third-order valence-corrected chi connectivity index (χ3v) is 9.55. The number of carbonyl (C=O) groups excluding carboxylic acids is 3. The molecule has 2 aliphatic heterocycles. The first-order valence-electron chi connectivity index (χ1n) is 13.7. The number of allylic oxidation sites excluding steroid dienone is 3. The largest absolute Gasteiger partial charge is 0.482 e. The molecule has 9 heteroatoms. The van der Waals surface area contributed by atoms with Crippen LogP contribution in [0.1, 0.15) is 74.7 Å². The zero-order chi connectivity index (χ0) is 29.2. The molecule has 0 radical (unpaired) electrons. The van der Waals surface area contributed by atoms with Gasteiger partial charge in [0, 0.05) is 36.2 Å². The first-order chi connectivity index (χ1) is 18.0. The van der Waals surface area contributed by atoms with Crippen LogP contribution < -0.4 is 0 Å². The fourth-order valence-corrected chi connectivity index (χ4v) is 7.20. The van der Waals surface area contributed by atoms with Gasteiger partial charge in [0.05, 0.1) is 35.6 Å². The summed E-state index contributed by atoms with van der Waals surface area (Å²) in [5.74, 6) is -3.14. The molecule has 4 rings (SSSR count). The SMILES string of the molecule is C/C=C(\C)[C@@H](OC(C)=O)[C@@H](C)C1=CC(=O)C2=C(O[C@]3(C)CC[C@H]4O[C@@H](C(C)(C)O)C[C@H](O)[C@]4(C)[C@@H]3[C@H]2O)C1=O. The Labute approximate surface area is 229 Å². The molecular formula is C30H42O9. The zero-order valence-corrected chi connectivity index (χ0v) is 24.1. The quantitative estimate of drug-likeness (QED) is 0.270. The number of esters is 1. The summed E-state index contributed by atoms with van der Waals surface area (Å²) in [6.07, 6.45) is -0.148. The van der Waals surface area contributed by atoms with E-state index in [-0.39, 0.29) is 23.3 Å². The number of hydrogen-bond donors (Lipinski definition) is 3. The number of Topliss-reactive ketones (excluding diaryl/α,β-unsaturated/α-hetero) is 1. The van der Waals surface area contributed by atoms with Crippen molar-refractivity contribution in [2.45, 2.75) is 116 Å². The molecule has 0 spiro atoms. The van der Waals surface area contributed by atoms with Gasteiger partial charge in [0.15, 0.2) is 11.5 Å². The van der Waals surface area contributed by atoms with E-state index in [9.17, 15) is 29.7 Å². The first-order valence-corrected chi connectivity index (χ1v) is 13.7. The molecule has 4 aliphatic rings. The third-order valence-electron chi connectivity index (χ3n) is 9.55. The van der Waals surface area contributed by atoms with Crippen LogP contribution in [0.3, 0.4) is 0 Å². The van der Waals surface area contributed by atoms with Crippen molar-refractivity contribution in [1.29, 1.82) is 0 Å². The molecule has 1 saturated heterocycles. The number of carbonyl (C=O) groups is 3. The summed E-state index contributed by atoms with van der Waals surface area (Å²) in [6.45, 7) is 13.5. The van der Waals surface area contributed by atoms with E-state index in [0.717, 1.165) is 5.57 Å². The molecule has 3 N–H and O–H groups in total. The minimum Gasteiger partial charge on any atom is -0.482 e. The predicted molar refractivity (Wildman–Crippen MR) is 141 cm³/mol. The second-order valence-corrected chi connectivity index (χ2v) is 12.6. The van der Waals surface area contributed by atoms with Crippen molar-refractivity contribution in [3.63, 3.8) is 0 Å². The van der Waals surface area contributed by atoms with Crippen LogP contribution in [0.25, 0.3) is 0 Å². The Kier molecular flexibility index (Phi) is 7.56. The van der Waals surface area contributed by atoms with Gasteiger partial charge in [0.25, 0.3) is 0 Å². The summed E-state index contributed by atoms with van der Waals surface area (Å²) in [4.78, 5) is 39.1. The molecule has 0 aromatic heterocycles. The Hall–Kier alpha value is -2.33. The molecule has 1 saturated carbocycles. The van der Waals surface area contributed by atoms with Crippen LogP contribution >= 0.6 is 0 Å². The summed E-state index contributed by atoms with van der Waals surface area (Å²) in [5, 5.41) is 33.7. The van der Waals surface area contributed by atoms with E-state index in [0.29, 0.717) is 12.8 Å². The van der Waals surface area contributed by atoms with Crippen molar-refractivity contribution in [2.75, 3.05) is 0 Å². The highest BCUT2D eigenvalue weighted by Crippen LogP contribution is 2.59. The topological polar surface area (TPSA) is 140 Å². The lowest BCUT2D eigenvalue weighted by Crippen LogP contribution is -2.70. The normalized spacial score (nSPS) is 38.6. The maximum atomic E-state index is 13.8. The van der Waals surface area contributed by atoms with Crippen LogP contribution in [0.15, 0.2) is 34.6 Å². The monoisotopic (exact) mass is 546 g/mol. The Morgan fingerprint density at radius 2 is 1.87 bits per heavy atom. The van der Waals surface area contributed by atoms with Crippen molar-refractivity contribution >= 4 is 17.5 Å². The van der Waals surface area contributed by atoms with Crippen LogP contribution in [0, 0.1) is 17.3 Å². The number of hydrogen-bond acceptors (Lipinski definition) is 9. The lowest BCUT2D eigenvalue weighted by atomic mass is 9.51. The van der Waals surface area contributed by atoms with Crippen LogP contribution in [-0.4, -0.2) is 74.6 Å². The molecule has 9 nitrogen and oxygen atoms in total. The average Bonchev–Trinajstić information content (AvgIpc) is 2.83. The van der Waals surface area contributed by atoms with Crippen molar-refractivity contribution in [3.8, 4) is 0 Å². The van der Waals surface area contributed by atoms with Gasteiger partial charge in [0.2, 0.25) is 5.78 Å². The highest BCUT2D eigenvalue weighted by atomic mass is 16.5. The third kappa shape index (κ3) is 4.71. The Morgan fingerprint density at radius 1 is 1.23 bits per heavy atom. The second kappa shape index (κ2) is 9.94. The summed E-state index contributed by atoms with van der Waals surface area (Å²) in [5.41, 5.74) is -2.47. The number of aliphatic hydroxyl groups excluding tert-OH is 2. The van der Waals surface area contributed by atoms with Crippen molar-refractivity contribution in [1.82, 2.24) is 0 Å². The van der Waals surface area contributed by atoms with Crippen LogP contribution in [0.2, 0.25) is 0 Å². The molecular weight excluding hydrogens is 504 g/mol. The predicted octanol–water partition coefficient (Wildman–Crippen LogP) is 2.71. The Morgan fingerprint density at radius 3 is 2.44 bits per heavy atom. The average molecular weight is 547 g/mol. The molecule has 2 fully saturated rings. The number of aliphatic hydroxyl groups is 3. The summed E-state index contributed by atoms with van der Waals surface area (Å²) < 4.78 is 18.2. The van der Waals surface area contributed by atoms with Gasteiger partial charge in [-0.1, -0.05) is 19.9 Å². The molecule has 0 aromatic carbocycles. The first kappa shape index (κ1) is 29.6. The molecule has 0 amide bonds. The van der Waals surface area contributed by atoms with Gasteiger partial charge in [-0.15, -0.1) is 0 Å². The molecule has 0 aromatic rings. The molecule has 216 valence electrons. The standard InChI is InChI=1S/C30H42O9/c1-9-14(2)25(37-16(4)31)15(3)17-12-18(32)22-24(35)27-29(7,39-26(22)23(17)34)11-10-20-30(27,8)19(33)13-21(38-20)28(5,6)36/h9,12,15,19-21,24-25,27,33,35-36H,10-11,13H2,1-8H3/b14-9+/t15-,19-,20+,21+,24-,25+,27+,29+,30-/m0/s1. The van der Waals surface area contributed by atoms with E-state index < -0.39 is 76.5 Å². The molecule has 0 bridgehead atoms. The Balaban J connectivity index is 1.71. The van der Waals surface area contributed by atoms with Crippen molar-refractivity contribution in [2.24, 2.45) is 17.3 Å². The van der Waals surface area contributed by atoms with E-state index in [4.69, 9.17) is 14.2 Å². The molecule has 9 atom stereocenters. The number of ketones is 2. The van der Waals surface area contributed by atoms with Crippen LogP contribution in [0.5, 0.6) is 0 Å². The minimum atomic E-state index is -1.38. The maximum absolute atomic E-state index is 13.8. The summed E-state index contributed by atoms with van der Waals surface area (Å²) in [7, 11) is 0. The number of rotatable bonds is 5. The van der Waals surface area contributed by atoms with Crippen molar-refractivity contribution in [3.05, 3.63) is 34.6 Å². The fourth-order valence-electron chi connectivity index (χ4n) is 7.20. The summed E-state index contributed by atoms with van der Waals surface area (Å²) >= 11 is 0. The van der Waals surface area contributed by atoms with Crippen LogP contribution in [0.4, 0.5) is 0 Å². The molecule has 39 heavy (non-hydrogen) atoms. The van der Waals surface area contributed by atoms with E-state index in [1.54, 1.807) is 47.6 Å². The molecule has 0 unspecified atom stereocenters. The maximum Gasteiger partial charge on any atom is 0.303 e. The van der Waals surface area contributed by atoms with E-state index >= 15 is 0 Å². The Bertz CT molecular complexity index is 1160. The lowest BCUT2D eigenvalue weighted by Gasteiger charge is -2.63. The molecule has 2 heterocycles. The number of fused-ring (bicyclic) bond motifs is 3. The van der Waals surface area contributed by atoms with Crippen LogP contribution in [-0.2, 0) is 28.6 Å². The van der Waals surface area contributed by atoms with Gasteiger partial charge in [-0.25, -0.2) is 0 Å². The van der Waals surface area contributed by atoms with E-state index in [1.165, 1.54) is 13.0 Å². The van der Waals surface area contributed by atoms with E-state index in [2.05, 4.69) is 0 Å². The van der Waals surface area contributed by atoms with Gasteiger partial charge in [-0.2, -0.15) is 0 Å². The van der Waals surface area contributed by atoms with Gasteiger partial charge in [-0.3, -0.25) is 14.4 Å².